The van der Waals surface area contributed by atoms with Gasteiger partial charge in [0.05, 0.1) is 15.2 Å². The van der Waals surface area contributed by atoms with Crippen molar-refractivity contribution < 1.29 is 20.8 Å². The molecule has 0 fully saturated rings. The topological polar surface area (TPSA) is 0 Å². The fraction of sp³-hybridized carbons (Fsp3) is 0.182. The molecule has 4 rings (SSSR count). The van der Waals surface area contributed by atoms with E-state index in [9.17, 15) is 0 Å². The Morgan fingerprint density at radius 2 is 1.00 bits per heavy atom. The van der Waals surface area contributed by atoms with Crippen LogP contribution in [0.3, 0.4) is 0 Å². The number of rotatable bonds is 3. The van der Waals surface area contributed by atoms with E-state index in [-0.39, 0.29) is 0 Å². The molecule has 0 atom stereocenters. The van der Waals surface area contributed by atoms with Gasteiger partial charge in [-0.25, -0.2) is 0 Å². The van der Waals surface area contributed by atoms with Crippen molar-refractivity contribution in [1.29, 1.82) is 0 Å². The molecular weight excluding hydrogens is 483 g/mol. The van der Waals surface area contributed by atoms with E-state index in [0.29, 0.717) is 0 Å². The van der Waals surface area contributed by atoms with Crippen LogP contribution in [0.25, 0.3) is 21.5 Å². The number of halogens is 2. The van der Waals surface area contributed by atoms with Gasteiger partial charge in [-0.05, 0) is 0 Å². The molecule has 0 amide bonds. The second-order valence-electron chi connectivity index (χ2n) is 8.07. The summed E-state index contributed by atoms with van der Waals surface area (Å²) in [6, 6.07) is 27.4. The molecule has 0 spiro atoms. The van der Waals surface area contributed by atoms with Gasteiger partial charge in [-0.3, -0.25) is 0 Å². The number of hydrogen-bond acceptors (Lipinski definition) is 0. The van der Waals surface area contributed by atoms with Gasteiger partial charge in [-0.15, -0.1) is 59.3 Å². The SMILES string of the molecule is C[Si](C)(c1cc2ccccc2[cH-]1)[Si](C)(C)c1cc2ccccc2[cH-]1.[Cl][Zr+2][Cl]. The second-order valence-corrected chi connectivity index (χ2v) is 27.0. The molecular formula is C22H24Cl2Si2Zr. The third kappa shape index (κ3) is 4.14. The van der Waals surface area contributed by atoms with Gasteiger partial charge in [0.15, 0.2) is 0 Å². The summed E-state index contributed by atoms with van der Waals surface area (Å²) >= 11 is -0.826. The molecule has 0 aromatic heterocycles. The maximum atomic E-state index is 4.93. The molecule has 0 aliphatic heterocycles. The van der Waals surface area contributed by atoms with Crippen LogP contribution < -0.4 is 10.4 Å². The van der Waals surface area contributed by atoms with Crippen molar-refractivity contribution in [1.82, 2.24) is 0 Å². The second kappa shape index (κ2) is 8.51. The summed E-state index contributed by atoms with van der Waals surface area (Å²) in [5.41, 5.74) is 0. The van der Waals surface area contributed by atoms with E-state index in [1.165, 1.54) is 21.5 Å². The summed E-state index contributed by atoms with van der Waals surface area (Å²) in [6.45, 7) is 10.3. The third-order valence-electron chi connectivity index (χ3n) is 6.24. The Morgan fingerprint density at radius 1 is 0.667 bits per heavy atom. The van der Waals surface area contributed by atoms with Gasteiger partial charge >= 0.3 is 37.9 Å². The van der Waals surface area contributed by atoms with Crippen molar-refractivity contribution in [3.05, 3.63) is 72.8 Å². The minimum atomic E-state index is -1.55. The first-order valence-corrected chi connectivity index (χ1v) is 22.4. The van der Waals surface area contributed by atoms with Crippen LogP contribution in [0, 0.1) is 0 Å². The van der Waals surface area contributed by atoms with Crippen molar-refractivity contribution in [2.45, 2.75) is 26.2 Å². The molecule has 0 aliphatic rings. The van der Waals surface area contributed by atoms with E-state index in [4.69, 9.17) is 17.0 Å². The molecule has 0 N–H and O–H groups in total. The first kappa shape index (κ1) is 21.3. The van der Waals surface area contributed by atoms with Crippen LogP contribution in [-0.4, -0.2) is 15.2 Å². The summed E-state index contributed by atoms with van der Waals surface area (Å²) in [6.07, 6.45) is 0. The zero-order valence-corrected chi connectivity index (χ0v) is 22.2. The Hall–Kier alpha value is -0.443. The van der Waals surface area contributed by atoms with Gasteiger partial charge in [0.2, 0.25) is 0 Å². The number of fused-ring (bicyclic) bond motifs is 2. The fourth-order valence-electron chi connectivity index (χ4n) is 3.74. The van der Waals surface area contributed by atoms with E-state index in [2.05, 4.69) is 99.0 Å². The zero-order valence-electron chi connectivity index (χ0n) is 16.2. The molecule has 0 radical (unpaired) electrons. The molecule has 0 saturated heterocycles. The molecule has 4 aromatic carbocycles. The summed E-state index contributed by atoms with van der Waals surface area (Å²) in [5, 5.41) is 8.81. The van der Waals surface area contributed by atoms with Crippen LogP contribution in [0.4, 0.5) is 0 Å². The van der Waals surface area contributed by atoms with E-state index >= 15 is 0 Å². The summed E-state index contributed by atoms with van der Waals surface area (Å²) < 4.78 is 0. The molecule has 4 aromatic rings. The maximum absolute atomic E-state index is 4.93. The van der Waals surface area contributed by atoms with Crippen molar-refractivity contribution >= 4 is 64.1 Å². The Labute approximate surface area is 182 Å². The summed E-state index contributed by atoms with van der Waals surface area (Å²) in [5.74, 6) is 0. The van der Waals surface area contributed by atoms with Gasteiger partial charge in [-0.2, -0.15) is 33.3 Å². The van der Waals surface area contributed by atoms with Crippen LogP contribution in [0.2, 0.25) is 26.2 Å². The van der Waals surface area contributed by atoms with E-state index in [1.807, 2.05) is 0 Å². The van der Waals surface area contributed by atoms with E-state index < -0.39 is 36.0 Å². The molecule has 0 heterocycles. The molecule has 0 saturated carbocycles. The monoisotopic (exact) mass is 504 g/mol. The zero-order chi connectivity index (χ0) is 19.7. The normalized spacial score (nSPS) is 11.9. The molecule has 27 heavy (non-hydrogen) atoms. The Bertz CT molecular complexity index is 897. The number of hydrogen-bond donors (Lipinski definition) is 0. The van der Waals surface area contributed by atoms with Crippen LogP contribution in [0.15, 0.2) is 72.8 Å². The van der Waals surface area contributed by atoms with Crippen LogP contribution in [0.5, 0.6) is 0 Å². The van der Waals surface area contributed by atoms with Crippen molar-refractivity contribution in [2.75, 3.05) is 0 Å². The summed E-state index contributed by atoms with van der Waals surface area (Å²) in [4.78, 5) is 0. The van der Waals surface area contributed by atoms with E-state index in [0.717, 1.165) is 0 Å². The van der Waals surface area contributed by atoms with Crippen LogP contribution in [-0.2, 0) is 20.8 Å². The average molecular weight is 507 g/mol. The number of benzene rings is 2. The fourth-order valence-corrected chi connectivity index (χ4v) is 12.4. The molecule has 0 nitrogen and oxygen atoms in total. The van der Waals surface area contributed by atoms with Crippen molar-refractivity contribution in [2.24, 2.45) is 0 Å². The Kier molecular flexibility index (Phi) is 6.70. The van der Waals surface area contributed by atoms with Gasteiger partial charge in [0.1, 0.15) is 0 Å². The first-order chi connectivity index (χ1) is 12.8. The standard InChI is InChI=1S/C22H24Si2.2ClH.Zr/c1-23(2,21-13-17-9-5-6-10-18(17)14-21)24(3,4)22-15-19-11-7-8-12-20(19)16-22;;;/h5-16H,1-4H3;2*1H;/q-2;;;+4/p-2. The summed E-state index contributed by atoms with van der Waals surface area (Å²) in [7, 11) is 6.76. The van der Waals surface area contributed by atoms with Gasteiger partial charge in [-0.1, -0.05) is 38.3 Å². The first-order valence-electron chi connectivity index (χ1n) is 9.09. The Balaban J connectivity index is 0.000000659. The average Bonchev–Trinajstić information content (AvgIpc) is 3.27. The van der Waals surface area contributed by atoms with Gasteiger partial charge < -0.3 is 0 Å². The molecule has 0 unspecified atom stereocenters. The quantitative estimate of drug-likeness (QED) is 0.222. The molecule has 5 heteroatoms. The van der Waals surface area contributed by atoms with Crippen molar-refractivity contribution in [3.8, 4) is 0 Å². The minimum absolute atomic E-state index is 0.826. The third-order valence-corrected chi connectivity index (χ3v) is 23.9. The van der Waals surface area contributed by atoms with E-state index in [1.54, 1.807) is 10.4 Å². The molecule has 0 bridgehead atoms. The van der Waals surface area contributed by atoms with Crippen LogP contribution >= 0.6 is 17.0 Å². The van der Waals surface area contributed by atoms with Gasteiger partial charge in [0, 0.05) is 0 Å². The van der Waals surface area contributed by atoms with Crippen molar-refractivity contribution in [3.63, 3.8) is 0 Å². The van der Waals surface area contributed by atoms with Gasteiger partial charge in [0.25, 0.3) is 0 Å². The Morgan fingerprint density at radius 3 is 1.33 bits per heavy atom. The predicted molar refractivity (Wildman–Crippen MR) is 125 cm³/mol. The predicted octanol–water partition coefficient (Wildman–Crippen LogP) is 6.42. The van der Waals surface area contributed by atoms with Crippen LogP contribution in [0.1, 0.15) is 0 Å². The molecule has 138 valence electrons. The molecule has 0 aliphatic carbocycles.